The Labute approximate surface area is 180 Å². The summed E-state index contributed by atoms with van der Waals surface area (Å²) in [7, 11) is 0. The molecule has 4 rings (SSSR count). The van der Waals surface area contributed by atoms with Crippen LogP contribution in [0.1, 0.15) is 32.9 Å². The fraction of sp³-hybridized carbons (Fsp3) is 0.174. The number of amides is 1. The highest BCUT2D eigenvalue weighted by Gasteiger charge is 2.16. The summed E-state index contributed by atoms with van der Waals surface area (Å²) in [6, 6.07) is 17.6. The van der Waals surface area contributed by atoms with Crippen molar-refractivity contribution in [2.45, 2.75) is 26.9 Å². The molecule has 30 heavy (non-hydrogen) atoms. The molecule has 1 amide bonds. The maximum Gasteiger partial charge on any atom is 0.253 e. The Hall–Kier alpha value is -3.38. The average molecular weight is 420 g/mol. The van der Waals surface area contributed by atoms with E-state index in [2.05, 4.69) is 15.4 Å². The number of hydrogen-bond donors (Lipinski definition) is 1. The molecule has 0 saturated heterocycles. The smallest absolute Gasteiger partial charge is 0.253 e. The van der Waals surface area contributed by atoms with Crippen molar-refractivity contribution in [2.24, 2.45) is 0 Å². The molecule has 0 saturated carbocycles. The zero-order valence-corrected chi connectivity index (χ0v) is 17.6. The van der Waals surface area contributed by atoms with Crippen LogP contribution in [-0.2, 0) is 13.1 Å². The highest BCUT2D eigenvalue weighted by molar-refractivity contribution is 6.30. The summed E-state index contributed by atoms with van der Waals surface area (Å²) in [6.07, 6.45) is 3.21. The first-order chi connectivity index (χ1) is 14.5. The van der Waals surface area contributed by atoms with Crippen molar-refractivity contribution in [1.29, 1.82) is 0 Å². The Kier molecular flexibility index (Phi) is 5.68. The molecule has 0 spiro atoms. The second-order valence-corrected chi connectivity index (χ2v) is 7.63. The molecule has 152 valence electrons. The zero-order chi connectivity index (χ0) is 21.1. The normalized spacial score (nSPS) is 10.9. The van der Waals surface area contributed by atoms with Crippen LogP contribution in [0.2, 0.25) is 5.02 Å². The molecule has 1 N–H and O–H groups in total. The van der Waals surface area contributed by atoms with Crippen molar-refractivity contribution in [3.8, 4) is 5.69 Å². The topological polar surface area (TPSA) is 64.7 Å². The first-order valence-corrected chi connectivity index (χ1v) is 10.0. The lowest BCUT2D eigenvalue weighted by molar-refractivity contribution is 0.0950. The van der Waals surface area contributed by atoms with E-state index in [1.165, 1.54) is 6.33 Å². The molecule has 4 aromatic rings. The molecule has 6 nitrogen and oxygen atoms in total. The van der Waals surface area contributed by atoms with Crippen LogP contribution in [0.15, 0.2) is 67.3 Å². The number of carbonyl (C=O) groups excluding carboxylic acids is 1. The summed E-state index contributed by atoms with van der Waals surface area (Å²) in [6.45, 7) is 5.06. The Morgan fingerprint density at radius 1 is 1.07 bits per heavy atom. The monoisotopic (exact) mass is 419 g/mol. The molecular formula is C23H22ClN5O. The lowest BCUT2D eigenvalue weighted by atomic mass is 10.1. The minimum absolute atomic E-state index is 0.0944. The first kappa shape index (κ1) is 19.9. The van der Waals surface area contributed by atoms with Gasteiger partial charge in [-0.25, -0.2) is 9.67 Å². The highest BCUT2D eigenvalue weighted by atomic mass is 35.5. The van der Waals surface area contributed by atoms with Crippen molar-refractivity contribution >= 4 is 17.5 Å². The van der Waals surface area contributed by atoms with Gasteiger partial charge in [-0.1, -0.05) is 41.9 Å². The minimum atomic E-state index is -0.0944. The van der Waals surface area contributed by atoms with E-state index in [0.29, 0.717) is 23.7 Å². The number of hydrogen-bond acceptors (Lipinski definition) is 3. The van der Waals surface area contributed by atoms with Gasteiger partial charge in [-0.2, -0.15) is 5.10 Å². The predicted molar refractivity (Wildman–Crippen MR) is 117 cm³/mol. The lowest BCUT2D eigenvalue weighted by Crippen LogP contribution is -2.23. The number of carbonyl (C=O) groups is 1. The van der Waals surface area contributed by atoms with Gasteiger partial charge >= 0.3 is 0 Å². The summed E-state index contributed by atoms with van der Waals surface area (Å²) in [5.41, 5.74) is 5.64. The van der Waals surface area contributed by atoms with Crippen molar-refractivity contribution in [3.63, 3.8) is 0 Å². The van der Waals surface area contributed by atoms with Crippen molar-refractivity contribution < 1.29 is 4.79 Å². The summed E-state index contributed by atoms with van der Waals surface area (Å²) < 4.78 is 3.81. The van der Waals surface area contributed by atoms with Gasteiger partial charge in [0.15, 0.2) is 0 Å². The van der Waals surface area contributed by atoms with E-state index < -0.39 is 0 Å². The molecule has 0 unspecified atom stereocenters. The van der Waals surface area contributed by atoms with Gasteiger partial charge in [0.2, 0.25) is 0 Å². The van der Waals surface area contributed by atoms with Gasteiger partial charge < -0.3 is 9.88 Å². The molecule has 0 radical (unpaired) electrons. The van der Waals surface area contributed by atoms with Crippen LogP contribution in [0, 0.1) is 13.8 Å². The van der Waals surface area contributed by atoms with Gasteiger partial charge in [-0.05, 0) is 49.2 Å². The summed E-state index contributed by atoms with van der Waals surface area (Å²) in [4.78, 5) is 16.8. The molecule has 0 bridgehead atoms. The molecule has 0 aliphatic heterocycles. The Balaban J connectivity index is 1.44. The number of aromatic nitrogens is 4. The molecule has 0 fully saturated rings. The first-order valence-electron chi connectivity index (χ1n) is 9.64. The Bertz CT molecular complexity index is 1160. The summed E-state index contributed by atoms with van der Waals surface area (Å²) in [5.74, 6) is -0.0944. The van der Waals surface area contributed by atoms with Crippen molar-refractivity contribution in [1.82, 2.24) is 24.6 Å². The second kappa shape index (κ2) is 8.55. The summed E-state index contributed by atoms with van der Waals surface area (Å²) >= 11 is 6.14. The highest BCUT2D eigenvalue weighted by Crippen LogP contribution is 2.23. The van der Waals surface area contributed by atoms with Gasteiger partial charge in [0.25, 0.3) is 5.91 Å². The fourth-order valence-corrected chi connectivity index (χ4v) is 3.73. The van der Waals surface area contributed by atoms with E-state index in [9.17, 15) is 4.79 Å². The Morgan fingerprint density at radius 2 is 1.83 bits per heavy atom. The molecule has 0 aliphatic rings. The van der Waals surface area contributed by atoms with Crippen molar-refractivity contribution in [3.05, 3.63) is 100 Å². The quantitative estimate of drug-likeness (QED) is 0.506. The molecule has 2 aromatic heterocycles. The third kappa shape index (κ3) is 4.28. The number of rotatable bonds is 6. The van der Waals surface area contributed by atoms with Gasteiger partial charge in [-0.3, -0.25) is 4.79 Å². The van der Waals surface area contributed by atoms with Gasteiger partial charge in [0.05, 0.1) is 12.1 Å². The molecule has 0 atom stereocenters. The van der Waals surface area contributed by atoms with E-state index in [1.54, 1.807) is 11.0 Å². The van der Waals surface area contributed by atoms with Crippen molar-refractivity contribution in [2.75, 3.05) is 0 Å². The zero-order valence-electron chi connectivity index (χ0n) is 16.8. The number of nitrogens with one attached hydrogen (secondary N) is 1. The Morgan fingerprint density at radius 3 is 2.53 bits per heavy atom. The number of benzene rings is 2. The van der Waals surface area contributed by atoms with Crippen LogP contribution >= 0.6 is 11.6 Å². The molecular weight excluding hydrogens is 398 g/mol. The second-order valence-electron chi connectivity index (χ2n) is 7.19. The molecule has 2 aromatic carbocycles. The van der Waals surface area contributed by atoms with Crippen LogP contribution < -0.4 is 5.32 Å². The maximum atomic E-state index is 12.8. The van der Waals surface area contributed by atoms with E-state index in [1.807, 2.05) is 73.0 Å². The average Bonchev–Trinajstić information content (AvgIpc) is 3.34. The van der Waals surface area contributed by atoms with Crippen LogP contribution in [0.3, 0.4) is 0 Å². The summed E-state index contributed by atoms with van der Waals surface area (Å²) in [5, 5.41) is 7.79. The largest absolute Gasteiger partial charge is 0.348 e. The van der Waals surface area contributed by atoms with E-state index in [0.717, 1.165) is 28.2 Å². The number of halogens is 1. The van der Waals surface area contributed by atoms with E-state index in [-0.39, 0.29) is 5.91 Å². The molecule has 2 heterocycles. The van der Waals surface area contributed by atoms with Gasteiger partial charge in [-0.15, -0.1) is 0 Å². The van der Waals surface area contributed by atoms with Crippen LogP contribution in [-0.4, -0.2) is 25.2 Å². The third-order valence-corrected chi connectivity index (χ3v) is 5.26. The third-order valence-electron chi connectivity index (χ3n) is 5.03. The van der Waals surface area contributed by atoms with Crippen LogP contribution in [0.4, 0.5) is 0 Å². The fourth-order valence-electron chi connectivity index (χ4n) is 3.55. The van der Waals surface area contributed by atoms with Crippen LogP contribution in [0.5, 0.6) is 0 Å². The number of nitrogens with zero attached hydrogens (tertiary/aromatic N) is 4. The van der Waals surface area contributed by atoms with E-state index >= 15 is 0 Å². The van der Waals surface area contributed by atoms with E-state index in [4.69, 9.17) is 11.6 Å². The minimum Gasteiger partial charge on any atom is -0.348 e. The molecule has 0 aliphatic carbocycles. The lowest BCUT2D eigenvalue weighted by Gasteiger charge is -2.11. The maximum absolute atomic E-state index is 12.8. The van der Waals surface area contributed by atoms with Gasteiger partial charge in [0.1, 0.15) is 12.7 Å². The SMILES string of the molecule is Cc1cc(C(=O)NCc2ccc(Cn3cncn3)cc2)c(C)n1-c1cccc(Cl)c1. The molecule has 7 heteroatoms. The van der Waals surface area contributed by atoms with Crippen LogP contribution in [0.25, 0.3) is 5.69 Å². The standard InChI is InChI=1S/C23H22ClN5O/c1-16-10-22(17(2)29(16)21-5-3-4-20(24)11-21)23(30)26-12-18-6-8-19(9-7-18)13-28-15-25-14-27-28/h3-11,14-15H,12-13H2,1-2H3,(H,26,30). The van der Waals surface area contributed by atoms with Gasteiger partial charge in [0, 0.05) is 28.6 Å². The number of aryl methyl sites for hydroxylation is 1. The predicted octanol–water partition coefficient (Wildman–Crippen LogP) is 4.32.